The van der Waals surface area contributed by atoms with Crippen molar-refractivity contribution >= 4 is 28.2 Å². The molecule has 1 N–H and O–H groups in total. The van der Waals surface area contributed by atoms with Crippen LogP contribution in [0.1, 0.15) is 20.3 Å². The highest BCUT2D eigenvalue weighted by Crippen LogP contribution is 2.42. The van der Waals surface area contributed by atoms with Crippen molar-refractivity contribution in [1.29, 1.82) is 0 Å². The molecule has 0 saturated carbocycles. The van der Waals surface area contributed by atoms with E-state index in [0.29, 0.717) is 0 Å². The minimum atomic E-state index is -0.662. The molecular weight excluding hydrogens is 352 g/mol. The van der Waals surface area contributed by atoms with Crippen LogP contribution in [0.15, 0.2) is 21.3 Å². The number of allylic oxidation sites excluding steroid dienone is 1. The van der Waals surface area contributed by atoms with Crippen molar-refractivity contribution in [3.05, 3.63) is 11.8 Å². The van der Waals surface area contributed by atoms with Crippen LogP contribution in [0.25, 0.3) is 0 Å². The number of hydrogen-bond donors (Lipinski definition) is 1. The Hall–Kier alpha value is -0.420. The first-order valence-corrected chi connectivity index (χ1v) is 10.8. The van der Waals surface area contributed by atoms with Crippen LogP contribution >= 0.6 is 16.7 Å². The van der Waals surface area contributed by atoms with E-state index in [0.717, 1.165) is 23.5 Å². The molecule has 1 rings (SSSR count). The van der Waals surface area contributed by atoms with Crippen LogP contribution in [-0.4, -0.2) is 92.5 Å². The highest BCUT2D eigenvalue weighted by molar-refractivity contribution is 7.51. The molecule has 1 unspecified atom stereocenters. The average Bonchev–Trinajstić information content (AvgIpc) is 2.98. The van der Waals surface area contributed by atoms with Gasteiger partial charge < -0.3 is 5.32 Å². The van der Waals surface area contributed by atoms with Crippen molar-refractivity contribution < 1.29 is 0 Å². The summed E-state index contributed by atoms with van der Waals surface area (Å²) in [5.74, 6) is 0. The topological polar surface area (TPSA) is 49.7 Å². The minimum Gasteiger partial charge on any atom is -0.376 e. The van der Waals surface area contributed by atoms with E-state index in [1.807, 2.05) is 0 Å². The molecule has 0 bridgehead atoms. The largest absolute Gasteiger partial charge is 0.376 e. The number of rotatable bonds is 8. The monoisotopic (exact) mass is 387 g/mol. The Morgan fingerprint density at radius 2 is 1.32 bits per heavy atom. The van der Waals surface area contributed by atoms with Gasteiger partial charge in [-0.1, -0.05) is 6.08 Å². The standard InChI is InChI=1S/C16H35N7P2/c1-13(18-24(20(3)4)21(5)6)15-11-12-16(17-15)14(2)19-25(22(7)8)23(9)10/h11,16-17H,12H2,1-10H3/b18-13+,19-14-. The van der Waals surface area contributed by atoms with Gasteiger partial charge in [-0.3, -0.25) is 18.7 Å². The van der Waals surface area contributed by atoms with Gasteiger partial charge in [-0.25, -0.2) is 9.53 Å². The van der Waals surface area contributed by atoms with Gasteiger partial charge >= 0.3 is 0 Å². The molecule has 0 saturated heterocycles. The Kier molecular flexibility index (Phi) is 9.10. The molecule has 0 spiro atoms. The number of nitrogens with one attached hydrogen (secondary N) is 1. The second kappa shape index (κ2) is 10.1. The molecule has 1 atom stereocenters. The van der Waals surface area contributed by atoms with E-state index in [1.165, 1.54) is 0 Å². The normalized spacial score (nSPS) is 19.8. The van der Waals surface area contributed by atoms with Gasteiger partial charge in [0.05, 0.1) is 17.5 Å². The van der Waals surface area contributed by atoms with Crippen LogP contribution in [-0.2, 0) is 0 Å². The molecular formula is C16H35N7P2. The van der Waals surface area contributed by atoms with E-state index < -0.39 is 16.7 Å². The van der Waals surface area contributed by atoms with E-state index >= 15 is 0 Å². The SMILES string of the molecule is C/C(=N/P(N(C)C)N(C)C)C1CC=C(/C(C)=N/P(N(C)C)N(C)C)N1. The van der Waals surface area contributed by atoms with Crippen LogP contribution in [0.2, 0.25) is 0 Å². The molecule has 9 heteroatoms. The molecule has 0 aromatic rings. The van der Waals surface area contributed by atoms with E-state index in [4.69, 9.17) is 9.53 Å². The van der Waals surface area contributed by atoms with Gasteiger partial charge in [-0.05, 0) is 76.6 Å². The van der Waals surface area contributed by atoms with Gasteiger partial charge in [-0.15, -0.1) is 0 Å². The van der Waals surface area contributed by atoms with Gasteiger partial charge in [0.25, 0.3) is 0 Å². The average molecular weight is 387 g/mol. The molecule has 0 aliphatic carbocycles. The first-order chi connectivity index (χ1) is 11.5. The summed E-state index contributed by atoms with van der Waals surface area (Å²) in [5, 5.41) is 3.60. The maximum Gasteiger partial charge on any atom is 0.168 e. The Bertz CT molecular complexity index is 511. The number of nitrogens with zero attached hydrogens (tertiary/aromatic N) is 6. The molecule has 0 radical (unpaired) electrons. The van der Waals surface area contributed by atoms with Gasteiger partial charge in [0, 0.05) is 5.71 Å². The summed E-state index contributed by atoms with van der Waals surface area (Å²) < 4.78 is 18.6. The zero-order valence-corrected chi connectivity index (χ0v) is 19.2. The number of hydrogen-bond acceptors (Lipinski definition) is 7. The maximum atomic E-state index is 4.95. The Morgan fingerprint density at radius 1 is 0.880 bits per heavy atom. The highest BCUT2D eigenvalue weighted by Gasteiger charge is 2.23. The lowest BCUT2D eigenvalue weighted by Crippen LogP contribution is -2.32. The van der Waals surface area contributed by atoms with Gasteiger partial charge in [-0.2, -0.15) is 0 Å². The fraction of sp³-hybridized carbons (Fsp3) is 0.750. The smallest absolute Gasteiger partial charge is 0.168 e. The molecule has 144 valence electrons. The van der Waals surface area contributed by atoms with Gasteiger partial charge in [0.15, 0.2) is 16.7 Å². The molecule has 25 heavy (non-hydrogen) atoms. The quantitative estimate of drug-likeness (QED) is 0.513. The van der Waals surface area contributed by atoms with Crippen molar-refractivity contribution in [3.63, 3.8) is 0 Å². The predicted octanol–water partition coefficient (Wildman–Crippen LogP) is 2.85. The predicted molar refractivity (Wildman–Crippen MR) is 114 cm³/mol. The first kappa shape index (κ1) is 22.6. The zero-order chi connectivity index (χ0) is 19.3. The van der Waals surface area contributed by atoms with Crippen molar-refractivity contribution in [1.82, 2.24) is 24.0 Å². The lowest BCUT2D eigenvalue weighted by Gasteiger charge is -2.27. The summed E-state index contributed by atoms with van der Waals surface area (Å²) in [7, 11) is 15.3. The molecule has 1 aliphatic rings. The summed E-state index contributed by atoms with van der Waals surface area (Å²) in [5.41, 5.74) is 3.34. The zero-order valence-electron chi connectivity index (χ0n) is 17.4. The van der Waals surface area contributed by atoms with E-state index in [-0.39, 0.29) is 6.04 Å². The lowest BCUT2D eigenvalue weighted by atomic mass is 10.2. The van der Waals surface area contributed by atoms with Crippen LogP contribution in [0.3, 0.4) is 0 Å². The van der Waals surface area contributed by atoms with Gasteiger partial charge in [0.1, 0.15) is 0 Å². The second-order valence-corrected chi connectivity index (χ2v) is 11.6. The first-order valence-electron chi connectivity index (χ1n) is 8.41. The third-order valence-electron chi connectivity index (χ3n) is 3.70. The Labute approximate surface area is 156 Å². The van der Waals surface area contributed by atoms with Crippen LogP contribution < -0.4 is 5.32 Å². The fourth-order valence-electron chi connectivity index (χ4n) is 2.54. The van der Waals surface area contributed by atoms with E-state index in [2.05, 4.69) is 100 Å². The molecule has 7 nitrogen and oxygen atoms in total. The molecule has 0 aromatic carbocycles. The van der Waals surface area contributed by atoms with Crippen LogP contribution in [0, 0.1) is 0 Å². The summed E-state index contributed by atoms with van der Waals surface area (Å²) >= 11 is 0. The Balaban J connectivity index is 2.83. The molecule has 1 heterocycles. The van der Waals surface area contributed by atoms with Crippen LogP contribution in [0.4, 0.5) is 0 Å². The van der Waals surface area contributed by atoms with Crippen molar-refractivity contribution in [3.8, 4) is 0 Å². The minimum absolute atomic E-state index is 0.259. The third-order valence-corrected chi connectivity index (χ3v) is 7.53. The molecule has 0 amide bonds. The molecule has 0 fully saturated rings. The van der Waals surface area contributed by atoms with E-state index in [1.54, 1.807) is 0 Å². The highest BCUT2D eigenvalue weighted by atomic mass is 31.2. The summed E-state index contributed by atoms with van der Waals surface area (Å²) in [6.07, 6.45) is 3.21. The van der Waals surface area contributed by atoms with Crippen molar-refractivity contribution in [2.24, 2.45) is 9.53 Å². The van der Waals surface area contributed by atoms with Crippen LogP contribution in [0.5, 0.6) is 0 Å². The van der Waals surface area contributed by atoms with Crippen molar-refractivity contribution in [2.45, 2.75) is 26.3 Å². The lowest BCUT2D eigenvalue weighted by molar-refractivity contribution is 0.574. The second-order valence-electron chi connectivity index (χ2n) is 6.90. The fourth-order valence-corrected chi connectivity index (χ4v) is 5.48. The maximum absolute atomic E-state index is 4.95. The summed E-state index contributed by atoms with van der Waals surface area (Å²) in [4.78, 5) is 0. The molecule has 1 aliphatic heterocycles. The van der Waals surface area contributed by atoms with Gasteiger partial charge in [0.2, 0.25) is 0 Å². The molecule has 0 aromatic heterocycles. The summed E-state index contributed by atoms with van der Waals surface area (Å²) in [6, 6.07) is 0.259. The summed E-state index contributed by atoms with van der Waals surface area (Å²) in [6.45, 7) is 4.21. The Morgan fingerprint density at radius 3 is 1.76 bits per heavy atom. The van der Waals surface area contributed by atoms with E-state index in [9.17, 15) is 0 Å². The van der Waals surface area contributed by atoms with Crippen molar-refractivity contribution in [2.75, 3.05) is 56.4 Å². The third kappa shape index (κ3) is 6.67.